The van der Waals surface area contributed by atoms with Crippen LogP contribution in [0.5, 0.6) is 5.75 Å². The number of nitrogens with zero attached hydrogens (tertiary/aromatic N) is 2. The van der Waals surface area contributed by atoms with Gasteiger partial charge in [-0.15, -0.1) is 12.4 Å². The van der Waals surface area contributed by atoms with Crippen molar-refractivity contribution in [1.82, 2.24) is 14.9 Å². The van der Waals surface area contributed by atoms with Gasteiger partial charge in [-0.3, -0.25) is 14.2 Å². The first kappa shape index (κ1) is 26.5. The molecule has 0 aliphatic carbocycles. The average molecular weight is 522 g/mol. The SMILES string of the molecule is Cc1cc(OCC2CCNCC2)ccc1NC(=O)c1ncn(-c2c(F)cccc2Cl)c1C(N)=O.Cl. The van der Waals surface area contributed by atoms with Crippen molar-refractivity contribution in [3.8, 4) is 11.4 Å². The number of imidazole rings is 1. The van der Waals surface area contributed by atoms with Crippen molar-refractivity contribution in [2.75, 3.05) is 25.0 Å². The van der Waals surface area contributed by atoms with Crippen molar-refractivity contribution in [2.24, 2.45) is 11.7 Å². The number of anilines is 1. The van der Waals surface area contributed by atoms with Crippen molar-refractivity contribution in [3.63, 3.8) is 0 Å². The lowest BCUT2D eigenvalue weighted by Crippen LogP contribution is -2.30. The summed E-state index contributed by atoms with van der Waals surface area (Å²) in [6.45, 7) is 4.49. The lowest BCUT2D eigenvalue weighted by Gasteiger charge is -2.22. The first-order valence-corrected chi connectivity index (χ1v) is 11.3. The number of aromatic nitrogens is 2. The maximum atomic E-state index is 14.4. The largest absolute Gasteiger partial charge is 0.493 e. The summed E-state index contributed by atoms with van der Waals surface area (Å²) in [5.41, 5.74) is 6.17. The highest BCUT2D eigenvalue weighted by Crippen LogP contribution is 2.27. The lowest BCUT2D eigenvalue weighted by atomic mass is 9.99. The number of nitrogens with one attached hydrogen (secondary N) is 2. The van der Waals surface area contributed by atoms with Crippen molar-refractivity contribution < 1.29 is 18.7 Å². The number of aryl methyl sites for hydroxylation is 1. The van der Waals surface area contributed by atoms with E-state index in [0.29, 0.717) is 24.0 Å². The van der Waals surface area contributed by atoms with Crippen LogP contribution in [0.3, 0.4) is 0 Å². The van der Waals surface area contributed by atoms with Crippen LogP contribution in [0.15, 0.2) is 42.7 Å². The molecule has 1 saturated heterocycles. The van der Waals surface area contributed by atoms with Gasteiger partial charge in [0.15, 0.2) is 5.69 Å². The lowest BCUT2D eigenvalue weighted by molar-refractivity contribution is 0.0970. The second-order valence-electron chi connectivity index (χ2n) is 8.18. The van der Waals surface area contributed by atoms with Crippen LogP contribution in [0.1, 0.15) is 39.4 Å². The smallest absolute Gasteiger partial charge is 0.276 e. The van der Waals surface area contributed by atoms with Crippen molar-refractivity contribution in [3.05, 3.63) is 70.5 Å². The van der Waals surface area contributed by atoms with Gasteiger partial charge in [-0.1, -0.05) is 17.7 Å². The van der Waals surface area contributed by atoms with Crippen LogP contribution in [-0.2, 0) is 0 Å². The second-order valence-corrected chi connectivity index (χ2v) is 8.59. The van der Waals surface area contributed by atoms with E-state index in [0.717, 1.165) is 42.4 Å². The number of carbonyl (C=O) groups excluding carboxylic acids is 2. The number of rotatable bonds is 7. The molecule has 186 valence electrons. The molecule has 35 heavy (non-hydrogen) atoms. The van der Waals surface area contributed by atoms with E-state index >= 15 is 0 Å². The fraction of sp³-hybridized carbons (Fsp3) is 0.292. The summed E-state index contributed by atoms with van der Waals surface area (Å²) in [6.07, 6.45) is 3.31. The molecular formula is C24H26Cl2FN5O3. The molecule has 2 heterocycles. The van der Waals surface area contributed by atoms with Gasteiger partial charge in [-0.25, -0.2) is 9.37 Å². The van der Waals surface area contributed by atoms with Crippen LogP contribution in [-0.4, -0.2) is 41.1 Å². The molecule has 3 aromatic rings. The number of hydrogen-bond donors (Lipinski definition) is 3. The number of hydrogen-bond acceptors (Lipinski definition) is 5. The number of ether oxygens (including phenoxy) is 1. The molecule has 0 bridgehead atoms. The van der Waals surface area contributed by atoms with E-state index in [1.807, 2.05) is 13.0 Å². The van der Waals surface area contributed by atoms with Crippen LogP contribution >= 0.6 is 24.0 Å². The van der Waals surface area contributed by atoms with Gasteiger partial charge in [-0.2, -0.15) is 0 Å². The third-order valence-corrected chi connectivity index (χ3v) is 6.09. The fourth-order valence-electron chi connectivity index (χ4n) is 3.95. The third kappa shape index (κ3) is 5.93. The summed E-state index contributed by atoms with van der Waals surface area (Å²) in [5, 5.41) is 6.11. The Morgan fingerprint density at radius 1 is 1.29 bits per heavy atom. The number of amides is 2. The molecule has 1 aliphatic heterocycles. The van der Waals surface area contributed by atoms with Crippen LogP contribution in [0.25, 0.3) is 5.69 Å². The summed E-state index contributed by atoms with van der Waals surface area (Å²) in [6, 6.07) is 9.41. The van der Waals surface area contributed by atoms with Crippen LogP contribution < -0.4 is 21.1 Å². The van der Waals surface area contributed by atoms with Gasteiger partial charge in [0, 0.05) is 5.69 Å². The highest BCUT2D eigenvalue weighted by molar-refractivity contribution is 6.32. The van der Waals surface area contributed by atoms with Crippen LogP contribution in [0.2, 0.25) is 5.02 Å². The highest BCUT2D eigenvalue weighted by atomic mass is 35.5. The number of nitrogens with two attached hydrogens (primary N) is 1. The van der Waals surface area contributed by atoms with Crippen LogP contribution in [0, 0.1) is 18.7 Å². The van der Waals surface area contributed by atoms with E-state index in [9.17, 15) is 14.0 Å². The first-order valence-electron chi connectivity index (χ1n) is 10.9. The second kappa shape index (κ2) is 11.5. The van der Waals surface area contributed by atoms with Crippen molar-refractivity contribution >= 4 is 41.5 Å². The number of para-hydroxylation sites is 1. The highest BCUT2D eigenvalue weighted by Gasteiger charge is 2.25. The average Bonchev–Trinajstić information content (AvgIpc) is 3.25. The first-order chi connectivity index (χ1) is 16.3. The predicted molar refractivity (Wildman–Crippen MR) is 135 cm³/mol. The molecule has 0 unspecified atom stereocenters. The summed E-state index contributed by atoms with van der Waals surface area (Å²) in [7, 11) is 0. The molecule has 1 aliphatic rings. The molecule has 2 aromatic carbocycles. The summed E-state index contributed by atoms with van der Waals surface area (Å²) in [5.74, 6) is -1.06. The monoisotopic (exact) mass is 521 g/mol. The molecule has 4 rings (SSSR count). The van der Waals surface area contributed by atoms with E-state index in [-0.39, 0.29) is 34.5 Å². The minimum absolute atomic E-state index is 0. The summed E-state index contributed by atoms with van der Waals surface area (Å²) < 4.78 is 21.4. The van der Waals surface area contributed by atoms with Crippen molar-refractivity contribution in [1.29, 1.82) is 0 Å². The van der Waals surface area contributed by atoms with E-state index in [2.05, 4.69) is 15.6 Å². The van der Waals surface area contributed by atoms with Gasteiger partial charge in [0.1, 0.15) is 29.3 Å². The molecule has 0 atom stereocenters. The molecule has 0 radical (unpaired) electrons. The molecule has 2 amide bonds. The number of benzene rings is 2. The molecule has 4 N–H and O–H groups in total. The number of carbonyl (C=O) groups is 2. The van der Waals surface area contributed by atoms with Gasteiger partial charge < -0.3 is 21.1 Å². The van der Waals surface area contributed by atoms with Crippen molar-refractivity contribution in [2.45, 2.75) is 19.8 Å². The Labute approximate surface area is 213 Å². The maximum Gasteiger partial charge on any atom is 0.276 e. The van der Waals surface area contributed by atoms with Gasteiger partial charge >= 0.3 is 0 Å². The Hall–Kier alpha value is -3.14. The molecule has 8 nitrogen and oxygen atoms in total. The molecular weight excluding hydrogens is 496 g/mol. The molecule has 0 spiro atoms. The fourth-order valence-corrected chi connectivity index (χ4v) is 4.20. The Kier molecular flexibility index (Phi) is 8.71. The quantitative estimate of drug-likeness (QED) is 0.432. The van der Waals surface area contributed by atoms with Gasteiger partial charge in [0.2, 0.25) is 0 Å². The predicted octanol–water partition coefficient (Wildman–Crippen LogP) is 4.12. The summed E-state index contributed by atoms with van der Waals surface area (Å²) >= 11 is 6.11. The summed E-state index contributed by atoms with van der Waals surface area (Å²) in [4.78, 5) is 29.1. The third-order valence-electron chi connectivity index (χ3n) is 5.78. The number of halogens is 3. The molecule has 0 saturated carbocycles. The van der Waals surface area contributed by atoms with E-state index in [4.69, 9.17) is 22.1 Å². The Bertz CT molecular complexity index is 1210. The normalized spacial score (nSPS) is 13.7. The molecule has 1 fully saturated rings. The van der Waals surface area contributed by atoms with Gasteiger partial charge in [-0.05, 0) is 74.7 Å². The standard InChI is InChI=1S/C24H25ClFN5O3.ClH/c1-14-11-16(34-12-15-7-9-28-10-8-15)5-6-19(14)30-24(33)20-22(23(27)32)31(13-29-20)21-17(25)3-2-4-18(21)26;/h2-6,11,13,15,28H,7-10,12H2,1H3,(H2,27,32)(H,30,33);1H. The topological polar surface area (TPSA) is 111 Å². The number of piperidine rings is 1. The zero-order valence-electron chi connectivity index (χ0n) is 19.0. The van der Waals surface area contributed by atoms with Gasteiger partial charge in [0.25, 0.3) is 11.8 Å². The van der Waals surface area contributed by atoms with Gasteiger partial charge in [0.05, 0.1) is 11.6 Å². The van der Waals surface area contributed by atoms with E-state index in [1.165, 1.54) is 18.2 Å². The van der Waals surface area contributed by atoms with E-state index < -0.39 is 17.6 Å². The molecule has 11 heteroatoms. The Morgan fingerprint density at radius 3 is 2.69 bits per heavy atom. The Morgan fingerprint density at radius 2 is 2.03 bits per heavy atom. The zero-order valence-corrected chi connectivity index (χ0v) is 20.6. The molecule has 1 aromatic heterocycles. The zero-order chi connectivity index (χ0) is 24.2. The minimum atomic E-state index is -0.944. The van der Waals surface area contributed by atoms with E-state index in [1.54, 1.807) is 12.1 Å². The number of primary amides is 1. The minimum Gasteiger partial charge on any atom is -0.493 e. The Balaban J connectivity index is 0.00000342. The maximum absolute atomic E-state index is 14.4. The van der Waals surface area contributed by atoms with Crippen LogP contribution in [0.4, 0.5) is 10.1 Å².